The molecule has 1 aromatic heterocycles. The van der Waals surface area contributed by atoms with Gasteiger partial charge in [0, 0.05) is 11.8 Å². The van der Waals surface area contributed by atoms with Gasteiger partial charge in [-0.25, -0.2) is 0 Å². The van der Waals surface area contributed by atoms with Gasteiger partial charge in [-0.3, -0.25) is 4.79 Å². The zero-order chi connectivity index (χ0) is 19.1. The Hall–Kier alpha value is -3.79. The second kappa shape index (κ2) is 6.43. The van der Waals surface area contributed by atoms with E-state index in [2.05, 4.69) is 28.4 Å². The van der Waals surface area contributed by atoms with Crippen molar-refractivity contribution in [2.75, 3.05) is 0 Å². The molecule has 134 valence electrons. The number of rotatable bonds is 3. The fourth-order valence-electron chi connectivity index (χ4n) is 4.03. The van der Waals surface area contributed by atoms with E-state index in [4.69, 9.17) is 5.73 Å². The van der Waals surface area contributed by atoms with Crippen LogP contribution in [0.15, 0.2) is 79.0 Å². The lowest BCUT2D eigenvalue weighted by Gasteiger charge is -2.13. The van der Waals surface area contributed by atoms with E-state index in [0.29, 0.717) is 5.56 Å². The molecule has 0 atom stereocenters. The smallest absolute Gasteiger partial charge is 0.249 e. The third-order valence-electron chi connectivity index (χ3n) is 5.28. The topological polar surface area (TPSA) is 68.9 Å². The van der Waals surface area contributed by atoms with Gasteiger partial charge in [-0.15, -0.1) is 0 Å². The molecule has 4 nitrogen and oxygen atoms in total. The van der Waals surface area contributed by atoms with E-state index in [1.54, 1.807) is 6.20 Å². The monoisotopic (exact) mass is 363 g/mol. The molecule has 0 radical (unpaired) electrons. The molecule has 5 rings (SSSR count). The number of nitrogens with zero attached hydrogens (tertiary/aromatic N) is 2. The van der Waals surface area contributed by atoms with Gasteiger partial charge in [0.25, 0.3) is 0 Å². The van der Waals surface area contributed by atoms with Crippen molar-refractivity contribution in [2.45, 2.75) is 6.42 Å². The summed E-state index contributed by atoms with van der Waals surface area (Å²) in [6, 6.07) is 24.1. The van der Waals surface area contributed by atoms with Crippen molar-refractivity contribution >= 4 is 5.91 Å². The second-order valence-corrected chi connectivity index (χ2v) is 6.90. The Bertz CT molecular complexity index is 1220. The van der Waals surface area contributed by atoms with Crippen molar-refractivity contribution in [3.05, 3.63) is 95.7 Å². The van der Waals surface area contributed by atoms with Crippen LogP contribution in [-0.4, -0.2) is 16.1 Å². The van der Waals surface area contributed by atoms with Crippen molar-refractivity contribution in [3.8, 4) is 33.5 Å². The number of carbonyl (C=O) groups is 1. The fraction of sp³-hybridized carbons (Fsp3) is 0.0417. The van der Waals surface area contributed by atoms with Gasteiger partial charge < -0.3 is 5.73 Å². The van der Waals surface area contributed by atoms with Gasteiger partial charge in [-0.2, -0.15) is 10.2 Å². The number of primary amides is 1. The van der Waals surface area contributed by atoms with Gasteiger partial charge >= 0.3 is 0 Å². The van der Waals surface area contributed by atoms with E-state index in [0.717, 1.165) is 39.9 Å². The van der Waals surface area contributed by atoms with E-state index in [-0.39, 0.29) is 0 Å². The van der Waals surface area contributed by atoms with Gasteiger partial charge in [0.05, 0.1) is 11.3 Å². The highest BCUT2D eigenvalue weighted by molar-refractivity contribution is 6.04. The van der Waals surface area contributed by atoms with Crippen LogP contribution in [0.1, 0.15) is 21.5 Å². The molecule has 0 fully saturated rings. The van der Waals surface area contributed by atoms with Crippen LogP contribution in [0.3, 0.4) is 0 Å². The summed E-state index contributed by atoms with van der Waals surface area (Å²) in [4.78, 5) is 12.5. The Kier molecular flexibility index (Phi) is 3.76. The van der Waals surface area contributed by atoms with E-state index in [1.165, 1.54) is 11.1 Å². The first-order valence-corrected chi connectivity index (χ1v) is 9.15. The molecule has 1 aliphatic carbocycles. The first-order chi connectivity index (χ1) is 13.7. The lowest BCUT2D eigenvalue weighted by molar-refractivity contribution is 0.1000. The molecule has 3 aromatic carbocycles. The number of fused-ring (bicyclic) bond motifs is 3. The number of benzene rings is 3. The first kappa shape index (κ1) is 16.4. The van der Waals surface area contributed by atoms with Gasteiger partial charge in [0.2, 0.25) is 5.91 Å². The summed E-state index contributed by atoms with van der Waals surface area (Å²) in [5, 5.41) is 8.14. The highest BCUT2D eigenvalue weighted by atomic mass is 16.1. The largest absolute Gasteiger partial charge is 0.366 e. The SMILES string of the molecule is NC(=O)c1c(-c2cccc(-c3cccnn3)c2)ccc2c1Cc1ccccc1-2. The normalized spacial score (nSPS) is 11.7. The molecule has 1 heterocycles. The summed E-state index contributed by atoms with van der Waals surface area (Å²) >= 11 is 0. The van der Waals surface area contributed by atoms with Crippen molar-refractivity contribution in [3.63, 3.8) is 0 Å². The number of nitrogens with two attached hydrogens (primary N) is 1. The minimum Gasteiger partial charge on any atom is -0.366 e. The van der Waals surface area contributed by atoms with E-state index >= 15 is 0 Å². The van der Waals surface area contributed by atoms with Gasteiger partial charge in [0.1, 0.15) is 0 Å². The average molecular weight is 363 g/mol. The maximum atomic E-state index is 12.5. The Morgan fingerprint density at radius 3 is 2.46 bits per heavy atom. The lowest BCUT2D eigenvalue weighted by atomic mass is 9.91. The first-order valence-electron chi connectivity index (χ1n) is 9.15. The fourth-order valence-corrected chi connectivity index (χ4v) is 4.03. The van der Waals surface area contributed by atoms with Crippen molar-refractivity contribution in [1.29, 1.82) is 0 Å². The molecule has 2 N–H and O–H groups in total. The van der Waals surface area contributed by atoms with E-state index in [9.17, 15) is 4.79 Å². The zero-order valence-corrected chi connectivity index (χ0v) is 15.1. The van der Waals surface area contributed by atoms with Crippen LogP contribution in [0.5, 0.6) is 0 Å². The van der Waals surface area contributed by atoms with Crippen LogP contribution in [-0.2, 0) is 6.42 Å². The number of hydrogen-bond donors (Lipinski definition) is 1. The maximum absolute atomic E-state index is 12.5. The summed E-state index contributed by atoms with van der Waals surface area (Å²) in [5.41, 5.74) is 14.5. The Morgan fingerprint density at radius 2 is 1.64 bits per heavy atom. The van der Waals surface area contributed by atoms with Crippen LogP contribution in [0.4, 0.5) is 0 Å². The minimum atomic E-state index is -0.399. The van der Waals surface area contributed by atoms with Crippen molar-refractivity contribution in [2.24, 2.45) is 5.73 Å². The predicted molar refractivity (Wildman–Crippen MR) is 110 cm³/mol. The third-order valence-corrected chi connectivity index (χ3v) is 5.28. The molecule has 4 aromatic rings. The molecule has 0 aliphatic heterocycles. The molecule has 0 unspecified atom stereocenters. The molecule has 0 spiro atoms. The van der Waals surface area contributed by atoms with Crippen LogP contribution in [0, 0.1) is 0 Å². The third kappa shape index (κ3) is 2.58. The Balaban J connectivity index is 1.68. The highest BCUT2D eigenvalue weighted by Gasteiger charge is 2.25. The molecule has 0 bridgehead atoms. The van der Waals surface area contributed by atoms with Crippen LogP contribution in [0.2, 0.25) is 0 Å². The number of carbonyl (C=O) groups excluding carboxylic acids is 1. The second-order valence-electron chi connectivity index (χ2n) is 6.90. The number of aromatic nitrogens is 2. The minimum absolute atomic E-state index is 0.399. The summed E-state index contributed by atoms with van der Waals surface area (Å²) in [6.07, 6.45) is 2.37. The zero-order valence-electron chi connectivity index (χ0n) is 15.1. The molecule has 1 aliphatic rings. The molecule has 0 saturated carbocycles. The number of amides is 1. The van der Waals surface area contributed by atoms with Crippen molar-refractivity contribution < 1.29 is 4.79 Å². The summed E-state index contributed by atoms with van der Waals surface area (Å²) in [7, 11) is 0. The van der Waals surface area contributed by atoms with Crippen LogP contribution < -0.4 is 5.73 Å². The quantitative estimate of drug-likeness (QED) is 0.514. The lowest BCUT2D eigenvalue weighted by Crippen LogP contribution is -2.15. The van der Waals surface area contributed by atoms with E-state index < -0.39 is 5.91 Å². The predicted octanol–water partition coefficient (Wildman–Crippen LogP) is 4.48. The Labute approximate surface area is 162 Å². The number of hydrogen-bond acceptors (Lipinski definition) is 3. The maximum Gasteiger partial charge on any atom is 0.249 e. The molecule has 0 saturated heterocycles. The van der Waals surface area contributed by atoms with Gasteiger partial charge in [-0.1, -0.05) is 54.6 Å². The van der Waals surface area contributed by atoms with Gasteiger partial charge in [-0.05, 0) is 58.0 Å². The van der Waals surface area contributed by atoms with Crippen molar-refractivity contribution in [1.82, 2.24) is 10.2 Å². The summed E-state index contributed by atoms with van der Waals surface area (Å²) in [5.74, 6) is -0.399. The highest BCUT2D eigenvalue weighted by Crippen LogP contribution is 2.41. The molecule has 28 heavy (non-hydrogen) atoms. The summed E-state index contributed by atoms with van der Waals surface area (Å²) in [6.45, 7) is 0. The standard InChI is InChI=1S/C24H17N3O/c25-24(28)23-19(10-11-20-18-8-2-1-5-16(18)14-21(20)23)15-6-3-7-17(13-15)22-9-4-12-26-27-22/h1-13H,14H2,(H2,25,28). The van der Waals surface area contributed by atoms with Crippen LogP contribution >= 0.6 is 0 Å². The summed E-state index contributed by atoms with van der Waals surface area (Å²) < 4.78 is 0. The van der Waals surface area contributed by atoms with E-state index in [1.807, 2.05) is 54.6 Å². The average Bonchev–Trinajstić information content (AvgIpc) is 3.12. The molecular weight excluding hydrogens is 346 g/mol. The Morgan fingerprint density at radius 1 is 0.821 bits per heavy atom. The molecule has 1 amide bonds. The van der Waals surface area contributed by atoms with Gasteiger partial charge in [0.15, 0.2) is 0 Å². The van der Waals surface area contributed by atoms with Crippen LogP contribution in [0.25, 0.3) is 33.5 Å². The molecular formula is C24H17N3O. The molecule has 4 heteroatoms.